The van der Waals surface area contributed by atoms with Crippen molar-refractivity contribution in [2.45, 2.75) is 0 Å². The molecule has 0 bridgehead atoms. The standard InChI is InChI=1S/C12H10ClN3O2/c1-16-7-11(14-8-16)12(17)18-15-6-9-2-4-10(13)5-3-9/h2-8H,1H3. The van der Waals surface area contributed by atoms with Gasteiger partial charge >= 0.3 is 5.97 Å². The van der Waals surface area contributed by atoms with Crippen LogP contribution in [0.4, 0.5) is 0 Å². The second kappa shape index (κ2) is 5.46. The Morgan fingerprint density at radius 1 is 1.44 bits per heavy atom. The lowest BCUT2D eigenvalue weighted by atomic mass is 10.2. The van der Waals surface area contributed by atoms with Crippen molar-refractivity contribution < 1.29 is 9.63 Å². The molecule has 92 valence electrons. The lowest BCUT2D eigenvalue weighted by molar-refractivity contribution is 0.0513. The number of aromatic nitrogens is 2. The van der Waals surface area contributed by atoms with Crippen molar-refractivity contribution >= 4 is 23.8 Å². The van der Waals surface area contributed by atoms with Gasteiger partial charge in [-0.1, -0.05) is 28.9 Å². The number of oxime groups is 1. The van der Waals surface area contributed by atoms with Crippen LogP contribution in [0.15, 0.2) is 41.9 Å². The summed E-state index contributed by atoms with van der Waals surface area (Å²) in [6, 6.07) is 6.98. The first-order valence-corrected chi connectivity index (χ1v) is 5.51. The maximum Gasteiger partial charge on any atom is 0.385 e. The Bertz CT molecular complexity index is 575. The molecule has 0 fully saturated rings. The highest BCUT2D eigenvalue weighted by atomic mass is 35.5. The Labute approximate surface area is 109 Å². The Hall–Kier alpha value is -2.14. The number of carbonyl (C=O) groups is 1. The van der Waals surface area contributed by atoms with Gasteiger partial charge in [0.15, 0.2) is 5.69 Å². The van der Waals surface area contributed by atoms with Crippen LogP contribution >= 0.6 is 11.6 Å². The molecule has 0 aliphatic heterocycles. The molecule has 0 spiro atoms. The fraction of sp³-hybridized carbons (Fsp3) is 0.0833. The highest BCUT2D eigenvalue weighted by Gasteiger charge is 2.09. The summed E-state index contributed by atoms with van der Waals surface area (Å²) in [5.74, 6) is -0.596. The number of nitrogens with zero attached hydrogens (tertiary/aromatic N) is 3. The average molecular weight is 264 g/mol. The van der Waals surface area contributed by atoms with E-state index in [9.17, 15) is 4.79 Å². The Kier molecular flexibility index (Phi) is 3.74. The molecule has 18 heavy (non-hydrogen) atoms. The first-order chi connectivity index (χ1) is 8.65. The lowest BCUT2D eigenvalue weighted by Gasteiger charge is -1.94. The maximum absolute atomic E-state index is 11.5. The van der Waals surface area contributed by atoms with Crippen LogP contribution in [0.1, 0.15) is 16.1 Å². The van der Waals surface area contributed by atoms with E-state index in [-0.39, 0.29) is 5.69 Å². The van der Waals surface area contributed by atoms with Gasteiger partial charge in [0.2, 0.25) is 0 Å². The van der Waals surface area contributed by atoms with E-state index in [1.54, 1.807) is 42.1 Å². The normalized spacial score (nSPS) is 10.8. The molecule has 6 heteroatoms. The number of benzene rings is 1. The van der Waals surface area contributed by atoms with Crippen molar-refractivity contribution in [1.82, 2.24) is 9.55 Å². The van der Waals surface area contributed by atoms with Crippen LogP contribution in [-0.2, 0) is 11.9 Å². The van der Waals surface area contributed by atoms with Crippen LogP contribution in [0.25, 0.3) is 0 Å². The van der Waals surface area contributed by atoms with Gasteiger partial charge in [-0.05, 0) is 17.7 Å². The van der Waals surface area contributed by atoms with Crippen molar-refractivity contribution in [1.29, 1.82) is 0 Å². The van der Waals surface area contributed by atoms with Gasteiger partial charge in [-0.15, -0.1) is 0 Å². The Balaban J connectivity index is 1.95. The van der Waals surface area contributed by atoms with Crippen LogP contribution in [-0.4, -0.2) is 21.7 Å². The van der Waals surface area contributed by atoms with Gasteiger partial charge in [0.25, 0.3) is 0 Å². The molecule has 0 aliphatic carbocycles. The van der Waals surface area contributed by atoms with Crippen LogP contribution in [0, 0.1) is 0 Å². The predicted molar refractivity (Wildman–Crippen MR) is 67.7 cm³/mol. The van der Waals surface area contributed by atoms with Gasteiger partial charge in [0.1, 0.15) is 0 Å². The fourth-order valence-corrected chi connectivity index (χ4v) is 1.37. The van der Waals surface area contributed by atoms with E-state index in [4.69, 9.17) is 16.4 Å². The predicted octanol–water partition coefficient (Wildman–Crippen LogP) is 2.26. The highest BCUT2D eigenvalue weighted by molar-refractivity contribution is 6.30. The molecule has 5 nitrogen and oxygen atoms in total. The van der Waals surface area contributed by atoms with Crippen molar-refractivity contribution in [2.75, 3.05) is 0 Å². The molecule has 2 aromatic rings. The monoisotopic (exact) mass is 263 g/mol. The van der Waals surface area contributed by atoms with E-state index >= 15 is 0 Å². The van der Waals surface area contributed by atoms with Gasteiger partial charge in [-0.3, -0.25) is 0 Å². The number of aryl methyl sites for hydroxylation is 1. The third-order valence-electron chi connectivity index (χ3n) is 2.12. The fourth-order valence-electron chi connectivity index (χ4n) is 1.25. The summed E-state index contributed by atoms with van der Waals surface area (Å²) in [5, 5.41) is 4.23. The highest BCUT2D eigenvalue weighted by Crippen LogP contribution is 2.08. The zero-order chi connectivity index (χ0) is 13.0. The summed E-state index contributed by atoms with van der Waals surface area (Å²) in [6.45, 7) is 0. The molecule has 1 heterocycles. The molecule has 0 aliphatic rings. The van der Waals surface area contributed by atoms with Gasteiger partial charge in [0, 0.05) is 18.3 Å². The summed E-state index contributed by atoms with van der Waals surface area (Å²) in [5.41, 5.74) is 0.999. The number of halogens is 1. The van der Waals surface area contributed by atoms with Crippen LogP contribution < -0.4 is 0 Å². The molecule has 0 amide bonds. The molecule has 0 unspecified atom stereocenters. The minimum atomic E-state index is -0.596. The molecular weight excluding hydrogens is 254 g/mol. The SMILES string of the molecule is Cn1cnc(C(=O)ON=Cc2ccc(Cl)cc2)c1. The number of hydrogen-bond donors (Lipinski definition) is 0. The molecule has 0 saturated heterocycles. The van der Waals surface area contributed by atoms with Crippen molar-refractivity contribution in [2.24, 2.45) is 12.2 Å². The third kappa shape index (κ3) is 3.18. The summed E-state index contributed by atoms with van der Waals surface area (Å²) in [6.07, 6.45) is 4.50. The lowest BCUT2D eigenvalue weighted by Crippen LogP contribution is -2.01. The van der Waals surface area contributed by atoms with Gasteiger partial charge in [-0.25, -0.2) is 9.78 Å². The van der Waals surface area contributed by atoms with Crippen molar-refractivity contribution in [3.63, 3.8) is 0 Å². The minimum Gasteiger partial charge on any atom is -0.340 e. The van der Waals surface area contributed by atoms with Crippen LogP contribution in [0.2, 0.25) is 5.02 Å². The van der Waals surface area contributed by atoms with E-state index in [2.05, 4.69) is 10.1 Å². The second-order valence-electron chi connectivity index (χ2n) is 3.59. The maximum atomic E-state index is 11.5. The number of carbonyl (C=O) groups excluding carboxylic acids is 1. The topological polar surface area (TPSA) is 56.5 Å². The number of imidazole rings is 1. The van der Waals surface area contributed by atoms with Crippen molar-refractivity contribution in [3.8, 4) is 0 Å². The summed E-state index contributed by atoms with van der Waals surface area (Å²) in [7, 11) is 1.76. The second-order valence-corrected chi connectivity index (χ2v) is 4.03. The summed E-state index contributed by atoms with van der Waals surface area (Å²) < 4.78 is 1.65. The molecule has 1 aromatic carbocycles. The quantitative estimate of drug-likeness (QED) is 0.485. The van der Waals surface area contributed by atoms with Crippen molar-refractivity contribution in [3.05, 3.63) is 53.1 Å². The third-order valence-corrected chi connectivity index (χ3v) is 2.37. The molecule has 1 aromatic heterocycles. The van der Waals surface area contributed by atoms with Gasteiger partial charge < -0.3 is 9.40 Å². The van der Waals surface area contributed by atoms with E-state index < -0.39 is 5.97 Å². The minimum absolute atomic E-state index is 0.214. The zero-order valence-electron chi connectivity index (χ0n) is 9.58. The molecule has 2 rings (SSSR count). The zero-order valence-corrected chi connectivity index (χ0v) is 10.3. The largest absolute Gasteiger partial charge is 0.385 e. The summed E-state index contributed by atoms with van der Waals surface area (Å²) >= 11 is 5.74. The van der Waals surface area contributed by atoms with Crippen LogP contribution in [0.5, 0.6) is 0 Å². The van der Waals surface area contributed by atoms with E-state index in [0.29, 0.717) is 5.02 Å². The van der Waals surface area contributed by atoms with Gasteiger partial charge in [-0.2, -0.15) is 0 Å². The van der Waals surface area contributed by atoms with E-state index in [1.807, 2.05) is 0 Å². The molecule has 0 N–H and O–H groups in total. The van der Waals surface area contributed by atoms with E-state index in [1.165, 1.54) is 12.5 Å². The van der Waals surface area contributed by atoms with Crippen LogP contribution in [0.3, 0.4) is 0 Å². The molecular formula is C12H10ClN3O2. The first-order valence-electron chi connectivity index (χ1n) is 5.13. The van der Waals surface area contributed by atoms with Gasteiger partial charge in [0.05, 0.1) is 12.5 Å². The smallest absolute Gasteiger partial charge is 0.340 e. The number of hydrogen-bond acceptors (Lipinski definition) is 4. The van der Waals surface area contributed by atoms with E-state index in [0.717, 1.165) is 5.56 Å². The first kappa shape index (κ1) is 12.3. The average Bonchev–Trinajstić information content (AvgIpc) is 2.78. The molecule has 0 atom stereocenters. The molecule has 0 saturated carbocycles. The Morgan fingerprint density at radius 2 is 2.17 bits per heavy atom. The number of rotatable bonds is 3. The summed E-state index contributed by atoms with van der Waals surface area (Å²) in [4.78, 5) is 20.0. The molecule has 0 radical (unpaired) electrons. The Morgan fingerprint density at radius 3 is 2.78 bits per heavy atom.